The largest absolute Gasteiger partial charge is 0.465 e. The average molecular weight is 188 g/mol. The van der Waals surface area contributed by atoms with Gasteiger partial charge in [0.15, 0.2) is 0 Å². The second-order valence-corrected chi connectivity index (χ2v) is 2.79. The third-order valence-electron chi connectivity index (χ3n) is 1.94. The minimum Gasteiger partial charge on any atom is -0.465 e. The first-order chi connectivity index (χ1) is 6.19. The van der Waals surface area contributed by atoms with Crippen molar-refractivity contribution >= 4 is 11.8 Å². The highest BCUT2D eigenvalue weighted by atomic mass is 16.6. The molecule has 0 aromatic carbocycles. The molecule has 6 heteroatoms. The minimum atomic E-state index is -1.04. The number of aliphatic hydroxyl groups is 1. The molecule has 0 radical (unpaired) electrons. The normalized spacial score (nSPS) is 25.2. The zero-order chi connectivity index (χ0) is 9.84. The van der Waals surface area contributed by atoms with Crippen LogP contribution in [0.25, 0.3) is 0 Å². The summed E-state index contributed by atoms with van der Waals surface area (Å²) in [6.45, 7) is 0.0312. The molecule has 2 N–H and O–H groups in total. The van der Waals surface area contributed by atoms with Crippen LogP contribution in [0, 0.1) is 0 Å². The summed E-state index contributed by atoms with van der Waals surface area (Å²) in [5.74, 6) is 0. The van der Waals surface area contributed by atoms with E-state index < -0.39 is 6.09 Å². The first kappa shape index (κ1) is 9.79. The van der Waals surface area contributed by atoms with Crippen LogP contribution in [0.1, 0.15) is 6.42 Å². The smallest absolute Gasteiger partial charge is 0.407 e. The van der Waals surface area contributed by atoms with Gasteiger partial charge in [0.1, 0.15) is 7.11 Å². The summed E-state index contributed by atoms with van der Waals surface area (Å²) in [6.07, 6.45) is -0.600. The van der Waals surface area contributed by atoms with Gasteiger partial charge in [0, 0.05) is 6.42 Å². The van der Waals surface area contributed by atoms with Crippen LogP contribution in [-0.4, -0.2) is 53.2 Å². The van der Waals surface area contributed by atoms with Gasteiger partial charge in [-0.05, 0) is 0 Å². The number of carboxylic acid groups (broad SMARTS) is 1. The van der Waals surface area contributed by atoms with Crippen molar-refractivity contribution in [3.63, 3.8) is 0 Å². The Morgan fingerprint density at radius 2 is 2.54 bits per heavy atom. The second-order valence-electron chi connectivity index (χ2n) is 2.79. The molecule has 1 atom stereocenters. The van der Waals surface area contributed by atoms with Crippen molar-refractivity contribution in [3.05, 3.63) is 0 Å². The molecule has 1 aliphatic heterocycles. The summed E-state index contributed by atoms with van der Waals surface area (Å²) in [7, 11) is 1.41. The molecule has 1 rings (SSSR count). The standard InChI is InChI=1S/C7H12N2O4/c1-13-8-5-2-6(4-10)9(3-5)7(11)12/h6,10H,2-4H2,1H3,(H,11,12)/b8-5-. The van der Waals surface area contributed by atoms with Gasteiger partial charge in [-0.2, -0.15) is 0 Å². The topological polar surface area (TPSA) is 82.4 Å². The lowest BCUT2D eigenvalue weighted by Crippen LogP contribution is -2.36. The highest BCUT2D eigenvalue weighted by Gasteiger charge is 2.32. The first-order valence-electron chi connectivity index (χ1n) is 3.88. The molecular weight excluding hydrogens is 176 g/mol. The molecule has 0 bridgehead atoms. The number of rotatable bonds is 2. The molecule has 0 aromatic heterocycles. The van der Waals surface area contributed by atoms with Crippen LogP contribution in [0.5, 0.6) is 0 Å². The van der Waals surface area contributed by atoms with Gasteiger partial charge < -0.3 is 15.1 Å². The molecule has 13 heavy (non-hydrogen) atoms. The highest BCUT2D eigenvalue weighted by molar-refractivity contribution is 5.91. The zero-order valence-corrected chi connectivity index (χ0v) is 7.30. The first-order valence-corrected chi connectivity index (χ1v) is 3.88. The number of likely N-dealkylation sites (tertiary alicyclic amines) is 1. The zero-order valence-electron chi connectivity index (χ0n) is 7.30. The Kier molecular flexibility index (Phi) is 3.07. The van der Waals surface area contributed by atoms with Gasteiger partial charge in [-0.3, -0.25) is 4.90 Å². The summed E-state index contributed by atoms with van der Waals surface area (Å²) in [5.41, 5.74) is 0.643. The van der Waals surface area contributed by atoms with E-state index in [0.717, 1.165) is 4.90 Å². The van der Waals surface area contributed by atoms with E-state index >= 15 is 0 Å². The maximum atomic E-state index is 10.6. The predicted octanol–water partition coefficient (Wildman–Crippen LogP) is -0.267. The Balaban J connectivity index is 2.66. The van der Waals surface area contributed by atoms with Crippen LogP contribution in [0.3, 0.4) is 0 Å². The van der Waals surface area contributed by atoms with Gasteiger partial charge in [0.2, 0.25) is 0 Å². The average Bonchev–Trinajstić information content (AvgIpc) is 2.48. The van der Waals surface area contributed by atoms with Gasteiger partial charge in [0.25, 0.3) is 0 Å². The lowest BCUT2D eigenvalue weighted by atomic mass is 10.2. The Labute approximate surface area is 75.4 Å². The molecule has 6 nitrogen and oxygen atoms in total. The Bertz CT molecular complexity index is 229. The fraction of sp³-hybridized carbons (Fsp3) is 0.714. The third-order valence-corrected chi connectivity index (χ3v) is 1.94. The van der Waals surface area contributed by atoms with Crippen LogP contribution >= 0.6 is 0 Å². The monoisotopic (exact) mass is 188 g/mol. The van der Waals surface area contributed by atoms with E-state index in [1.54, 1.807) is 0 Å². The van der Waals surface area contributed by atoms with E-state index in [0.29, 0.717) is 12.1 Å². The van der Waals surface area contributed by atoms with Crippen LogP contribution in [0.2, 0.25) is 0 Å². The van der Waals surface area contributed by atoms with Crippen molar-refractivity contribution in [2.24, 2.45) is 5.16 Å². The summed E-state index contributed by atoms with van der Waals surface area (Å²) >= 11 is 0. The van der Waals surface area contributed by atoms with Crippen molar-refractivity contribution in [1.29, 1.82) is 0 Å². The molecule has 1 saturated heterocycles. The molecular formula is C7H12N2O4. The molecule has 1 heterocycles. The van der Waals surface area contributed by atoms with Gasteiger partial charge >= 0.3 is 6.09 Å². The summed E-state index contributed by atoms with van der Waals surface area (Å²) in [4.78, 5) is 16.3. The maximum absolute atomic E-state index is 10.6. The van der Waals surface area contributed by atoms with Crippen LogP contribution < -0.4 is 0 Å². The number of amides is 1. The van der Waals surface area contributed by atoms with E-state index in [9.17, 15) is 4.79 Å². The molecule has 0 spiro atoms. The van der Waals surface area contributed by atoms with Gasteiger partial charge in [-0.1, -0.05) is 5.16 Å². The number of hydrogen-bond acceptors (Lipinski definition) is 4. The van der Waals surface area contributed by atoms with Gasteiger partial charge in [0.05, 0.1) is 24.9 Å². The molecule has 0 saturated carbocycles. The molecule has 0 aromatic rings. The second kappa shape index (κ2) is 4.08. The SMILES string of the molecule is CO/N=C1/CC(CO)N(C(=O)O)C1. The van der Waals surface area contributed by atoms with E-state index in [2.05, 4.69) is 9.99 Å². The van der Waals surface area contributed by atoms with Crippen molar-refractivity contribution in [2.45, 2.75) is 12.5 Å². The maximum Gasteiger partial charge on any atom is 0.407 e. The van der Waals surface area contributed by atoms with E-state index in [1.807, 2.05) is 0 Å². The Morgan fingerprint density at radius 1 is 1.85 bits per heavy atom. The fourth-order valence-electron chi connectivity index (χ4n) is 1.35. The van der Waals surface area contributed by atoms with Crippen molar-refractivity contribution in [3.8, 4) is 0 Å². The molecule has 1 fully saturated rings. The minimum absolute atomic E-state index is 0.185. The van der Waals surface area contributed by atoms with E-state index in [-0.39, 0.29) is 19.2 Å². The Morgan fingerprint density at radius 3 is 2.92 bits per heavy atom. The van der Waals surface area contributed by atoms with Gasteiger partial charge in [-0.25, -0.2) is 4.79 Å². The van der Waals surface area contributed by atoms with Crippen LogP contribution in [0.15, 0.2) is 5.16 Å². The molecule has 0 aliphatic carbocycles. The number of aliphatic hydroxyl groups excluding tert-OH is 1. The third kappa shape index (κ3) is 2.09. The lowest BCUT2D eigenvalue weighted by Gasteiger charge is -2.17. The van der Waals surface area contributed by atoms with E-state index in [1.165, 1.54) is 7.11 Å². The van der Waals surface area contributed by atoms with E-state index in [4.69, 9.17) is 10.2 Å². The molecule has 74 valence electrons. The summed E-state index contributed by atoms with van der Waals surface area (Å²) in [5, 5.41) is 21.2. The number of hydrogen-bond donors (Lipinski definition) is 2. The van der Waals surface area contributed by atoms with Crippen molar-refractivity contribution in [2.75, 3.05) is 20.3 Å². The molecule has 1 amide bonds. The number of oxime groups is 1. The predicted molar refractivity (Wildman–Crippen MR) is 44.7 cm³/mol. The van der Waals surface area contributed by atoms with Crippen LogP contribution in [0.4, 0.5) is 4.79 Å². The summed E-state index contributed by atoms with van der Waals surface area (Å²) in [6, 6.07) is -0.383. The summed E-state index contributed by atoms with van der Waals surface area (Å²) < 4.78 is 0. The quantitative estimate of drug-likeness (QED) is 0.584. The molecule has 1 aliphatic rings. The number of carbonyl (C=O) groups is 1. The van der Waals surface area contributed by atoms with Gasteiger partial charge in [-0.15, -0.1) is 0 Å². The fourth-order valence-corrected chi connectivity index (χ4v) is 1.35. The lowest BCUT2D eigenvalue weighted by molar-refractivity contribution is 0.118. The number of nitrogens with zero attached hydrogens (tertiary/aromatic N) is 2. The van der Waals surface area contributed by atoms with Crippen LogP contribution in [-0.2, 0) is 4.84 Å². The highest BCUT2D eigenvalue weighted by Crippen LogP contribution is 2.15. The van der Waals surface area contributed by atoms with Crippen molar-refractivity contribution in [1.82, 2.24) is 4.90 Å². The Hall–Kier alpha value is -1.30. The van der Waals surface area contributed by atoms with Crippen molar-refractivity contribution < 1.29 is 19.8 Å². The molecule has 1 unspecified atom stereocenters.